The zero-order valence-electron chi connectivity index (χ0n) is 11.1. The lowest BCUT2D eigenvalue weighted by atomic mass is 10.0. The number of nitrogens with zero attached hydrogens (tertiary/aromatic N) is 2. The lowest BCUT2D eigenvalue weighted by Crippen LogP contribution is -2.45. The summed E-state index contributed by atoms with van der Waals surface area (Å²) in [4.78, 5) is 4.19. The fraction of sp³-hybridized carbons (Fsp3) is 0.214. The first kappa shape index (κ1) is 15.1. The summed E-state index contributed by atoms with van der Waals surface area (Å²) in [6.45, 7) is 1.70. The summed E-state index contributed by atoms with van der Waals surface area (Å²) >= 11 is 8.06. The fourth-order valence-electron chi connectivity index (χ4n) is 2.27. The van der Waals surface area contributed by atoms with Gasteiger partial charge in [0, 0.05) is 22.8 Å². The SMILES string of the molecule is CC1(S(=O)(=O)n2ccc3cccnc32)C=CC(Cl)=CC1I. The van der Waals surface area contributed by atoms with E-state index in [1.807, 2.05) is 6.07 Å². The summed E-state index contributed by atoms with van der Waals surface area (Å²) in [6, 6.07) is 5.37. The van der Waals surface area contributed by atoms with Crippen molar-refractivity contribution in [1.29, 1.82) is 0 Å². The molecule has 2 atom stereocenters. The first-order valence-electron chi connectivity index (χ1n) is 6.24. The molecule has 21 heavy (non-hydrogen) atoms. The molecule has 2 heterocycles. The summed E-state index contributed by atoms with van der Waals surface area (Å²) in [6.07, 6.45) is 8.17. The van der Waals surface area contributed by atoms with Crippen LogP contribution >= 0.6 is 34.2 Å². The minimum Gasteiger partial charge on any atom is -0.237 e. The standard InChI is InChI=1S/C14H12ClIN2O2S/c1-14(6-4-11(15)9-12(14)16)21(19,20)18-8-5-10-3-2-7-17-13(10)18/h2-9,12H,1H3. The Morgan fingerprint density at radius 3 is 2.90 bits per heavy atom. The maximum absolute atomic E-state index is 13.1. The second-order valence-electron chi connectivity index (χ2n) is 5.00. The smallest absolute Gasteiger partial charge is 0.237 e. The quantitative estimate of drug-likeness (QED) is 0.537. The number of halogens is 2. The molecule has 1 aliphatic rings. The molecule has 3 rings (SSSR count). The second-order valence-corrected chi connectivity index (χ2v) is 9.00. The second kappa shape index (κ2) is 5.10. The van der Waals surface area contributed by atoms with E-state index >= 15 is 0 Å². The lowest BCUT2D eigenvalue weighted by molar-refractivity contribution is 0.559. The van der Waals surface area contributed by atoms with Gasteiger partial charge in [-0.25, -0.2) is 17.4 Å². The number of hydrogen-bond donors (Lipinski definition) is 0. The Morgan fingerprint density at radius 1 is 1.43 bits per heavy atom. The van der Waals surface area contributed by atoms with Crippen molar-refractivity contribution in [3.8, 4) is 0 Å². The molecule has 2 aromatic heterocycles. The zero-order valence-corrected chi connectivity index (χ0v) is 14.8. The molecule has 0 aromatic carbocycles. The molecule has 0 saturated carbocycles. The van der Waals surface area contributed by atoms with Crippen LogP contribution < -0.4 is 0 Å². The van der Waals surface area contributed by atoms with Gasteiger partial charge in [-0.2, -0.15) is 0 Å². The summed E-state index contributed by atoms with van der Waals surface area (Å²) in [5, 5.41) is 1.35. The molecule has 4 nitrogen and oxygen atoms in total. The van der Waals surface area contributed by atoms with Crippen molar-refractivity contribution in [3.05, 3.63) is 53.9 Å². The molecule has 0 aliphatic heterocycles. The Labute approximate surface area is 141 Å². The van der Waals surface area contributed by atoms with E-state index in [4.69, 9.17) is 11.6 Å². The Kier molecular flexibility index (Phi) is 3.66. The van der Waals surface area contributed by atoms with Gasteiger partial charge in [0.05, 0.1) is 3.92 Å². The molecule has 2 unspecified atom stereocenters. The number of hydrogen-bond acceptors (Lipinski definition) is 3. The van der Waals surface area contributed by atoms with E-state index in [0.717, 1.165) is 5.39 Å². The Hall–Kier alpha value is -0.860. The fourth-order valence-corrected chi connectivity index (χ4v) is 5.85. The van der Waals surface area contributed by atoms with Gasteiger partial charge in [0.2, 0.25) is 0 Å². The molecule has 110 valence electrons. The Bertz CT molecular complexity index is 872. The summed E-state index contributed by atoms with van der Waals surface area (Å²) < 4.78 is 26.1. The number of rotatable bonds is 2. The molecule has 1 aliphatic carbocycles. The molecular formula is C14H12ClIN2O2S. The number of alkyl halides is 1. The molecule has 0 saturated heterocycles. The summed E-state index contributed by atoms with van der Waals surface area (Å²) in [5.74, 6) is 0. The minimum absolute atomic E-state index is 0.265. The van der Waals surface area contributed by atoms with E-state index in [9.17, 15) is 8.42 Å². The van der Waals surface area contributed by atoms with Crippen LogP contribution in [0.1, 0.15) is 6.92 Å². The van der Waals surface area contributed by atoms with Gasteiger partial charge in [0.1, 0.15) is 4.75 Å². The van der Waals surface area contributed by atoms with Crippen LogP contribution in [0, 0.1) is 0 Å². The van der Waals surface area contributed by atoms with Crippen molar-refractivity contribution in [2.24, 2.45) is 0 Å². The van der Waals surface area contributed by atoms with E-state index in [1.165, 1.54) is 3.97 Å². The van der Waals surface area contributed by atoms with Crippen LogP contribution in [0.25, 0.3) is 11.0 Å². The molecule has 7 heteroatoms. The molecule has 0 bridgehead atoms. The van der Waals surface area contributed by atoms with Crippen LogP contribution in [0.3, 0.4) is 0 Å². The predicted molar refractivity (Wildman–Crippen MR) is 93.3 cm³/mol. The van der Waals surface area contributed by atoms with Gasteiger partial charge >= 0.3 is 0 Å². The predicted octanol–water partition coefficient (Wildman–Crippen LogP) is 3.47. The first-order valence-corrected chi connectivity index (χ1v) is 9.30. The van der Waals surface area contributed by atoms with Gasteiger partial charge in [-0.1, -0.05) is 46.3 Å². The van der Waals surface area contributed by atoms with E-state index in [0.29, 0.717) is 10.7 Å². The maximum Gasteiger partial charge on any atom is 0.250 e. The molecule has 0 radical (unpaired) electrons. The molecule has 0 fully saturated rings. The van der Waals surface area contributed by atoms with Crippen LogP contribution in [0.2, 0.25) is 0 Å². The van der Waals surface area contributed by atoms with Gasteiger partial charge in [-0.05, 0) is 31.2 Å². The molecule has 0 N–H and O–H groups in total. The average molecular weight is 435 g/mol. The first-order chi connectivity index (χ1) is 9.86. The minimum atomic E-state index is -3.66. The zero-order chi connectivity index (χ0) is 15.3. The molecule has 0 spiro atoms. The monoisotopic (exact) mass is 434 g/mol. The number of pyridine rings is 1. The van der Waals surface area contributed by atoms with E-state index < -0.39 is 14.8 Å². The molecule has 0 amide bonds. The third-order valence-corrected chi connectivity index (χ3v) is 8.30. The van der Waals surface area contributed by atoms with Crippen LogP contribution in [0.15, 0.2) is 53.9 Å². The van der Waals surface area contributed by atoms with E-state index in [-0.39, 0.29) is 3.92 Å². The van der Waals surface area contributed by atoms with Crippen molar-refractivity contribution in [2.75, 3.05) is 0 Å². The lowest BCUT2D eigenvalue weighted by Gasteiger charge is -2.32. The highest BCUT2D eigenvalue weighted by molar-refractivity contribution is 14.1. The van der Waals surface area contributed by atoms with Crippen molar-refractivity contribution in [2.45, 2.75) is 15.6 Å². The molecule has 2 aromatic rings. The van der Waals surface area contributed by atoms with Crippen LogP contribution in [0.4, 0.5) is 0 Å². The topological polar surface area (TPSA) is 52.0 Å². The van der Waals surface area contributed by atoms with Gasteiger partial charge in [-0.15, -0.1) is 0 Å². The molecular weight excluding hydrogens is 423 g/mol. The highest BCUT2D eigenvalue weighted by Crippen LogP contribution is 2.37. The maximum atomic E-state index is 13.1. The average Bonchev–Trinajstić information content (AvgIpc) is 2.87. The Morgan fingerprint density at radius 2 is 2.19 bits per heavy atom. The van der Waals surface area contributed by atoms with Crippen molar-refractivity contribution < 1.29 is 8.42 Å². The van der Waals surface area contributed by atoms with Gasteiger partial charge in [0.25, 0.3) is 10.0 Å². The van der Waals surface area contributed by atoms with Gasteiger partial charge in [0.15, 0.2) is 5.65 Å². The number of fused-ring (bicyclic) bond motifs is 1. The van der Waals surface area contributed by atoms with Gasteiger partial charge < -0.3 is 0 Å². The van der Waals surface area contributed by atoms with E-state index in [1.54, 1.807) is 49.7 Å². The normalized spacial score (nSPS) is 26.0. The third kappa shape index (κ3) is 2.24. The number of allylic oxidation sites excluding steroid dienone is 3. The van der Waals surface area contributed by atoms with Crippen LogP contribution in [0.5, 0.6) is 0 Å². The van der Waals surface area contributed by atoms with Crippen molar-refractivity contribution in [1.82, 2.24) is 8.96 Å². The van der Waals surface area contributed by atoms with Crippen LogP contribution in [-0.4, -0.2) is 26.0 Å². The van der Waals surface area contributed by atoms with E-state index in [2.05, 4.69) is 27.6 Å². The highest BCUT2D eigenvalue weighted by atomic mass is 127. The van der Waals surface area contributed by atoms with Gasteiger partial charge in [-0.3, -0.25) is 0 Å². The van der Waals surface area contributed by atoms with Crippen molar-refractivity contribution >= 4 is 55.2 Å². The largest absolute Gasteiger partial charge is 0.250 e. The third-order valence-electron chi connectivity index (χ3n) is 3.66. The number of aromatic nitrogens is 2. The summed E-state index contributed by atoms with van der Waals surface area (Å²) in [7, 11) is -3.66. The highest BCUT2D eigenvalue weighted by Gasteiger charge is 2.45. The van der Waals surface area contributed by atoms with Crippen molar-refractivity contribution in [3.63, 3.8) is 0 Å². The van der Waals surface area contributed by atoms with Crippen LogP contribution in [-0.2, 0) is 10.0 Å². The summed E-state index contributed by atoms with van der Waals surface area (Å²) in [5.41, 5.74) is 0.441. The Balaban J connectivity index is 2.20.